The number of rotatable bonds is 7. The first-order chi connectivity index (χ1) is 16.4. The minimum atomic E-state index is -0.620. The van der Waals surface area contributed by atoms with Crippen LogP contribution in [0.2, 0.25) is 0 Å². The fourth-order valence-corrected chi connectivity index (χ4v) is 5.13. The Labute approximate surface area is 197 Å². The highest BCUT2D eigenvalue weighted by Crippen LogP contribution is 2.42. The van der Waals surface area contributed by atoms with Crippen molar-refractivity contribution in [3.63, 3.8) is 0 Å². The molecule has 0 saturated carbocycles. The van der Waals surface area contributed by atoms with Gasteiger partial charge in [-0.3, -0.25) is 4.79 Å². The van der Waals surface area contributed by atoms with E-state index in [0.29, 0.717) is 36.9 Å². The molecule has 6 heteroatoms. The van der Waals surface area contributed by atoms with Gasteiger partial charge >= 0.3 is 0 Å². The average molecular weight is 468 g/mol. The third kappa shape index (κ3) is 4.73. The number of hydrogen-bond donors (Lipinski definition) is 1. The smallest absolute Gasteiger partial charge is 0.223 e. The third-order valence-electron chi connectivity index (χ3n) is 6.99. The molecule has 1 amide bonds. The van der Waals surface area contributed by atoms with E-state index >= 15 is 0 Å². The molecular weight excluding hydrogens is 439 g/mol. The molecule has 178 valence electrons. The second kappa shape index (κ2) is 10.0. The quantitative estimate of drug-likeness (QED) is 0.452. The van der Waals surface area contributed by atoms with Gasteiger partial charge in [0.15, 0.2) is 0 Å². The van der Waals surface area contributed by atoms with Crippen LogP contribution in [0.15, 0.2) is 66.7 Å². The van der Waals surface area contributed by atoms with E-state index in [1.165, 1.54) is 24.3 Å². The van der Waals surface area contributed by atoms with Gasteiger partial charge in [0.2, 0.25) is 5.91 Å². The zero-order chi connectivity index (χ0) is 24.3. The normalized spacial score (nSPS) is 19.3. The van der Waals surface area contributed by atoms with Crippen molar-refractivity contribution < 1.29 is 23.1 Å². The maximum atomic E-state index is 14.2. The van der Waals surface area contributed by atoms with Gasteiger partial charge in [-0.15, -0.1) is 0 Å². The summed E-state index contributed by atoms with van der Waals surface area (Å²) in [5.74, 6) is -1.58. The van der Waals surface area contributed by atoms with E-state index in [9.17, 15) is 23.1 Å². The van der Waals surface area contributed by atoms with Crippen molar-refractivity contribution in [1.29, 1.82) is 0 Å². The summed E-state index contributed by atoms with van der Waals surface area (Å²) in [6, 6.07) is 16.9. The topological polar surface area (TPSA) is 40.5 Å². The molecule has 3 aromatic rings. The number of carbonyl (C=O) groups is 1. The Morgan fingerprint density at radius 3 is 2.24 bits per heavy atom. The predicted octanol–water partition coefficient (Wildman–Crippen LogP) is 6.16. The van der Waals surface area contributed by atoms with Crippen molar-refractivity contribution in [2.75, 3.05) is 13.2 Å². The van der Waals surface area contributed by atoms with E-state index in [1.807, 2.05) is 24.0 Å². The lowest BCUT2D eigenvalue weighted by atomic mass is 9.70. The van der Waals surface area contributed by atoms with Crippen molar-refractivity contribution in [2.24, 2.45) is 0 Å². The van der Waals surface area contributed by atoms with Crippen molar-refractivity contribution in [3.8, 4) is 11.1 Å². The fraction of sp³-hybridized carbons (Fsp3) is 0.321. The van der Waals surface area contributed by atoms with E-state index < -0.39 is 17.0 Å². The molecule has 1 aliphatic rings. The Hall–Kier alpha value is -3.12. The molecule has 1 fully saturated rings. The van der Waals surface area contributed by atoms with Crippen molar-refractivity contribution >= 4 is 5.91 Å². The van der Waals surface area contributed by atoms with Crippen LogP contribution in [-0.4, -0.2) is 29.1 Å². The van der Waals surface area contributed by atoms with Crippen LogP contribution in [0.1, 0.15) is 49.8 Å². The lowest BCUT2D eigenvalue weighted by Crippen LogP contribution is -2.48. The molecule has 34 heavy (non-hydrogen) atoms. The minimum Gasteiger partial charge on any atom is -0.396 e. The number of aliphatic hydroxyl groups excluding tert-OH is 1. The minimum absolute atomic E-state index is 0.00969. The molecule has 4 rings (SSSR count). The first-order valence-electron chi connectivity index (χ1n) is 11.6. The van der Waals surface area contributed by atoms with Crippen LogP contribution in [0.25, 0.3) is 11.1 Å². The molecule has 0 radical (unpaired) electrons. The molecule has 2 atom stereocenters. The van der Waals surface area contributed by atoms with E-state index in [1.54, 1.807) is 24.3 Å². The highest BCUT2D eigenvalue weighted by atomic mass is 19.1. The summed E-state index contributed by atoms with van der Waals surface area (Å²) in [5, 5.41) is 9.69. The van der Waals surface area contributed by atoms with Gasteiger partial charge in [0.05, 0.1) is 6.04 Å². The highest BCUT2D eigenvalue weighted by molar-refractivity contribution is 5.79. The summed E-state index contributed by atoms with van der Waals surface area (Å²) < 4.78 is 40.9. The maximum Gasteiger partial charge on any atom is 0.223 e. The molecule has 0 bridgehead atoms. The molecule has 1 saturated heterocycles. The molecule has 0 aromatic heterocycles. The number of aliphatic hydroxyl groups is 1. The van der Waals surface area contributed by atoms with E-state index in [0.717, 1.165) is 17.2 Å². The molecular formula is C28H28F3NO2. The lowest BCUT2D eigenvalue weighted by Gasteiger charge is -2.44. The number of hydrogen-bond acceptors (Lipinski definition) is 2. The van der Waals surface area contributed by atoms with Gasteiger partial charge < -0.3 is 10.0 Å². The number of piperidine rings is 1. The van der Waals surface area contributed by atoms with Crippen LogP contribution in [0.4, 0.5) is 13.2 Å². The zero-order valence-electron chi connectivity index (χ0n) is 19.1. The fourth-order valence-electron chi connectivity index (χ4n) is 5.13. The molecule has 0 spiro atoms. The molecule has 3 nitrogen and oxygen atoms in total. The van der Waals surface area contributed by atoms with E-state index in [2.05, 4.69) is 0 Å². The molecule has 3 aromatic carbocycles. The second-order valence-electron chi connectivity index (χ2n) is 8.94. The molecule has 1 N–H and O–H groups in total. The van der Waals surface area contributed by atoms with Crippen molar-refractivity contribution in [2.45, 2.75) is 44.1 Å². The molecule has 0 aliphatic carbocycles. The van der Waals surface area contributed by atoms with Gasteiger partial charge in [0.1, 0.15) is 17.5 Å². The monoisotopic (exact) mass is 467 g/mol. The second-order valence-corrected chi connectivity index (χ2v) is 8.94. The number of likely N-dealkylation sites (tertiary alicyclic amines) is 1. The van der Waals surface area contributed by atoms with Crippen LogP contribution in [-0.2, 0) is 10.2 Å². The number of amides is 1. The summed E-state index contributed by atoms with van der Waals surface area (Å²) in [4.78, 5) is 15.2. The Morgan fingerprint density at radius 1 is 0.971 bits per heavy atom. The zero-order valence-corrected chi connectivity index (χ0v) is 19.1. The Balaban J connectivity index is 1.55. The van der Waals surface area contributed by atoms with Crippen LogP contribution < -0.4 is 0 Å². The summed E-state index contributed by atoms with van der Waals surface area (Å²) in [6.07, 6.45) is 2.06. The Bertz CT molecular complexity index is 1150. The van der Waals surface area contributed by atoms with Gasteiger partial charge in [-0.2, -0.15) is 0 Å². The van der Waals surface area contributed by atoms with Gasteiger partial charge in [0, 0.05) is 36.6 Å². The summed E-state index contributed by atoms with van der Waals surface area (Å²) in [6.45, 7) is 2.48. The van der Waals surface area contributed by atoms with Gasteiger partial charge in [-0.25, -0.2) is 13.2 Å². The number of nitrogens with zero attached hydrogens (tertiary/aromatic N) is 1. The maximum absolute atomic E-state index is 14.2. The van der Waals surface area contributed by atoms with Crippen LogP contribution in [0.3, 0.4) is 0 Å². The van der Waals surface area contributed by atoms with Gasteiger partial charge in [-0.05, 0) is 60.2 Å². The predicted molar refractivity (Wildman–Crippen MR) is 126 cm³/mol. The van der Waals surface area contributed by atoms with Crippen molar-refractivity contribution in [3.05, 3.63) is 95.3 Å². The first-order valence-corrected chi connectivity index (χ1v) is 11.6. The molecule has 1 unspecified atom stereocenters. The molecule has 1 aliphatic heterocycles. The number of benzene rings is 3. The van der Waals surface area contributed by atoms with Crippen LogP contribution >= 0.6 is 0 Å². The van der Waals surface area contributed by atoms with E-state index in [-0.39, 0.29) is 30.8 Å². The number of carbonyl (C=O) groups excluding carboxylic acids is 1. The first kappa shape index (κ1) is 24.0. The Kier molecular flexibility index (Phi) is 7.08. The molecule has 1 heterocycles. The SMILES string of the molecule is CC[C@@H](c1ccc(-c2ccc(F)cc2F)cc1)N1CCC(CCO)(c2ccc(F)cc2)CC1=O. The van der Waals surface area contributed by atoms with E-state index in [4.69, 9.17) is 0 Å². The summed E-state index contributed by atoms with van der Waals surface area (Å²) >= 11 is 0. The number of halogens is 3. The van der Waals surface area contributed by atoms with Gasteiger partial charge in [-0.1, -0.05) is 43.3 Å². The third-order valence-corrected chi connectivity index (χ3v) is 6.99. The average Bonchev–Trinajstić information content (AvgIpc) is 2.82. The van der Waals surface area contributed by atoms with Crippen molar-refractivity contribution in [1.82, 2.24) is 4.90 Å². The van der Waals surface area contributed by atoms with Gasteiger partial charge in [0.25, 0.3) is 0 Å². The van der Waals surface area contributed by atoms with Crippen LogP contribution in [0.5, 0.6) is 0 Å². The summed E-state index contributed by atoms with van der Waals surface area (Å²) in [7, 11) is 0. The highest BCUT2D eigenvalue weighted by Gasteiger charge is 2.41. The standard InChI is InChI=1S/C28H28F3NO2/c1-2-26(20-5-3-19(4-6-20)24-12-11-23(30)17-25(24)31)32-15-13-28(14-16-33,18-27(32)34)21-7-9-22(29)10-8-21/h3-12,17,26,33H,2,13-16,18H2,1H3/t26-,28?/m0/s1. The van der Waals surface area contributed by atoms with Crippen LogP contribution in [0, 0.1) is 17.5 Å². The Morgan fingerprint density at radius 2 is 1.65 bits per heavy atom. The lowest BCUT2D eigenvalue weighted by molar-refractivity contribution is -0.139. The summed E-state index contributed by atoms with van der Waals surface area (Å²) in [5.41, 5.74) is 2.26. The largest absolute Gasteiger partial charge is 0.396 e.